The topological polar surface area (TPSA) is 77.1 Å². The van der Waals surface area contributed by atoms with Crippen LogP contribution in [0.5, 0.6) is 11.5 Å². The van der Waals surface area contributed by atoms with E-state index in [0.29, 0.717) is 28.6 Å². The number of benzene rings is 2. The average Bonchev–Trinajstić information content (AvgIpc) is 3.32. The molecule has 2 heterocycles. The Hall–Kier alpha value is -3.56. The Bertz CT molecular complexity index is 1220. The van der Waals surface area contributed by atoms with Crippen LogP contribution in [-0.2, 0) is 6.54 Å². The number of ether oxygens (including phenoxy) is 2. The fourth-order valence-corrected chi connectivity index (χ4v) is 3.54. The number of carbonyl (C=O) groups is 1. The maximum absolute atomic E-state index is 12.9. The molecule has 0 radical (unpaired) electrons. The molecule has 1 aliphatic heterocycles. The normalized spacial score (nSPS) is 12.7. The number of hydrogen-bond acceptors (Lipinski definition) is 5. The molecule has 4 rings (SSSR count). The van der Waals surface area contributed by atoms with Gasteiger partial charge in [-0.25, -0.2) is 0 Å². The van der Waals surface area contributed by atoms with Crippen molar-refractivity contribution >= 4 is 23.5 Å². The molecule has 0 atom stereocenters. The molecule has 0 aliphatic carbocycles. The van der Waals surface area contributed by atoms with Crippen molar-refractivity contribution < 1.29 is 14.3 Å². The Morgan fingerprint density at radius 3 is 2.77 bits per heavy atom. The lowest BCUT2D eigenvalue weighted by atomic mass is 10.0. The van der Waals surface area contributed by atoms with Crippen molar-refractivity contribution in [2.24, 2.45) is 0 Å². The summed E-state index contributed by atoms with van der Waals surface area (Å²) in [6.45, 7) is 4.37. The van der Waals surface area contributed by atoms with Gasteiger partial charge in [0.15, 0.2) is 11.5 Å². The van der Waals surface area contributed by atoms with E-state index in [1.807, 2.05) is 48.9 Å². The van der Waals surface area contributed by atoms with E-state index in [0.717, 1.165) is 22.5 Å². The highest BCUT2D eigenvalue weighted by atomic mass is 35.5. The van der Waals surface area contributed by atoms with E-state index < -0.39 is 0 Å². The Morgan fingerprint density at radius 1 is 1.23 bits per heavy atom. The number of rotatable bonds is 5. The van der Waals surface area contributed by atoms with Crippen LogP contribution in [0.1, 0.15) is 32.9 Å². The second-order valence-corrected chi connectivity index (χ2v) is 7.31. The second kappa shape index (κ2) is 8.05. The molecule has 7 heteroatoms. The minimum Gasteiger partial charge on any atom is -0.454 e. The predicted octanol–water partition coefficient (Wildman–Crippen LogP) is 4.72. The number of Topliss-reactive ketones (excluding diaryl/α,β-unsaturated/α-hetero) is 1. The molecule has 150 valence electrons. The van der Waals surface area contributed by atoms with Crippen LogP contribution in [0.3, 0.4) is 0 Å². The van der Waals surface area contributed by atoms with Gasteiger partial charge in [-0.3, -0.25) is 9.48 Å². The first-order chi connectivity index (χ1) is 14.5. The zero-order valence-corrected chi connectivity index (χ0v) is 17.2. The molecule has 0 spiro atoms. The van der Waals surface area contributed by atoms with Crippen molar-refractivity contribution in [3.05, 3.63) is 81.1 Å². The summed E-state index contributed by atoms with van der Waals surface area (Å²) >= 11 is 6.27. The summed E-state index contributed by atoms with van der Waals surface area (Å²) < 4.78 is 12.4. The number of nitriles is 1. The zero-order valence-electron chi connectivity index (χ0n) is 16.5. The SMILES string of the molecule is Cc1nn(Cc2ccccc2Cl)c(C)c1C=C(C#N)C(=O)c1ccc2c(c1)OCO2. The van der Waals surface area contributed by atoms with Crippen LogP contribution in [0.15, 0.2) is 48.0 Å². The predicted molar refractivity (Wildman–Crippen MR) is 113 cm³/mol. The number of nitrogens with zero attached hydrogens (tertiary/aromatic N) is 3. The van der Waals surface area contributed by atoms with Crippen molar-refractivity contribution in [2.45, 2.75) is 20.4 Å². The lowest BCUT2D eigenvalue weighted by molar-refractivity contribution is 0.103. The molecular weight excluding hydrogens is 402 g/mol. The summed E-state index contributed by atoms with van der Waals surface area (Å²) in [5, 5.41) is 14.9. The lowest BCUT2D eigenvalue weighted by Gasteiger charge is -2.07. The van der Waals surface area contributed by atoms with Crippen LogP contribution in [-0.4, -0.2) is 22.4 Å². The summed E-state index contributed by atoms with van der Waals surface area (Å²) in [7, 11) is 0. The number of allylic oxidation sites excluding steroid dienone is 1. The first-order valence-corrected chi connectivity index (χ1v) is 9.69. The van der Waals surface area contributed by atoms with Gasteiger partial charge in [0.2, 0.25) is 12.6 Å². The number of aromatic nitrogens is 2. The van der Waals surface area contributed by atoms with Gasteiger partial charge >= 0.3 is 0 Å². The molecule has 6 nitrogen and oxygen atoms in total. The van der Waals surface area contributed by atoms with E-state index in [2.05, 4.69) is 5.10 Å². The van der Waals surface area contributed by atoms with Gasteiger partial charge in [-0.2, -0.15) is 10.4 Å². The number of carbonyl (C=O) groups excluding carboxylic acids is 1. The van der Waals surface area contributed by atoms with Gasteiger partial charge in [0, 0.05) is 21.8 Å². The van der Waals surface area contributed by atoms with Gasteiger partial charge < -0.3 is 9.47 Å². The highest BCUT2D eigenvalue weighted by Gasteiger charge is 2.20. The highest BCUT2D eigenvalue weighted by molar-refractivity contribution is 6.31. The third-order valence-corrected chi connectivity index (χ3v) is 5.37. The summed E-state index contributed by atoms with van der Waals surface area (Å²) in [5.41, 5.74) is 3.65. The quantitative estimate of drug-likeness (QED) is 0.339. The average molecular weight is 420 g/mol. The van der Waals surface area contributed by atoms with Crippen molar-refractivity contribution in [2.75, 3.05) is 6.79 Å². The molecule has 0 unspecified atom stereocenters. The molecule has 0 amide bonds. The van der Waals surface area contributed by atoms with Crippen molar-refractivity contribution in [1.29, 1.82) is 5.26 Å². The Labute approximate surface area is 178 Å². The van der Waals surface area contributed by atoms with Crippen LogP contribution in [0.4, 0.5) is 0 Å². The zero-order chi connectivity index (χ0) is 21.3. The smallest absolute Gasteiger partial charge is 0.231 e. The van der Waals surface area contributed by atoms with E-state index in [1.165, 1.54) is 0 Å². The molecular formula is C23H18ClN3O3. The van der Waals surface area contributed by atoms with Crippen molar-refractivity contribution in [1.82, 2.24) is 9.78 Å². The molecule has 30 heavy (non-hydrogen) atoms. The standard InChI is InChI=1S/C23H18ClN3O3/c1-14-19(15(2)27(26-14)12-17-5-3-4-6-20(17)24)9-18(11-25)23(28)16-7-8-21-22(10-16)30-13-29-21/h3-10H,12-13H2,1-2H3. The van der Waals surface area contributed by atoms with Gasteiger partial charge in [0.1, 0.15) is 11.6 Å². The van der Waals surface area contributed by atoms with Crippen LogP contribution in [0.2, 0.25) is 5.02 Å². The molecule has 1 aliphatic rings. The number of halogens is 1. The first-order valence-electron chi connectivity index (χ1n) is 9.31. The highest BCUT2D eigenvalue weighted by Crippen LogP contribution is 2.33. The van der Waals surface area contributed by atoms with Gasteiger partial charge in [0.25, 0.3) is 0 Å². The van der Waals surface area contributed by atoms with Gasteiger partial charge in [-0.05, 0) is 49.8 Å². The molecule has 2 aromatic carbocycles. The van der Waals surface area contributed by atoms with Crippen LogP contribution >= 0.6 is 11.6 Å². The van der Waals surface area contributed by atoms with Crippen molar-refractivity contribution in [3.8, 4) is 17.6 Å². The van der Waals surface area contributed by atoms with Gasteiger partial charge in [-0.1, -0.05) is 29.8 Å². The maximum atomic E-state index is 12.9. The molecule has 3 aromatic rings. The molecule has 0 N–H and O–H groups in total. The fourth-order valence-electron chi connectivity index (χ4n) is 3.35. The second-order valence-electron chi connectivity index (χ2n) is 6.90. The minimum atomic E-state index is -0.381. The third-order valence-electron chi connectivity index (χ3n) is 5.00. The first kappa shape index (κ1) is 19.7. The number of fused-ring (bicyclic) bond motifs is 1. The summed E-state index contributed by atoms with van der Waals surface area (Å²) in [6.07, 6.45) is 1.59. The summed E-state index contributed by atoms with van der Waals surface area (Å²) in [4.78, 5) is 12.9. The molecule has 0 saturated carbocycles. The number of aryl methyl sites for hydroxylation is 1. The van der Waals surface area contributed by atoms with E-state index in [9.17, 15) is 10.1 Å². The molecule has 1 aromatic heterocycles. The monoisotopic (exact) mass is 419 g/mol. The fraction of sp³-hybridized carbons (Fsp3) is 0.174. The van der Waals surface area contributed by atoms with Gasteiger partial charge in [0.05, 0.1) is 12.2 Å². The van der Waals surface area contributed by atoms with Crippen LogP contribution in [0, 0.1) is 25.2 Å². The third kappa shape index (κ3) is 3.68. The summed E-state index contributed by atoms with van der Waals surface area (Å²) in [5.74, 6) is 0.702. The number of ketones is 1. The van der Waals surface area contributed by atoms with E-state index in [1.54, 1.807) is 24.3 Å². The van der Waals surface area contributed by atoms with E-state index >= 15 is 0 Å². The molecule has 0 saturated heterocycles. The molecule has 0 fully saturated rings. The Kier molecular flexibility index (Phi) is 5.30. The largest absolute Gasteiger partial charge is 0.454 e. The summed E-state index contributed by atoms with van der Waals surface area (Å²) in [6, 6.07) is 14.5. The Morgan fingerprint density at radius 2 is 2.00 bits per heavy atom. The number of hydrogen-bond donors (Lipinski definition) is 0. The lowest BCUT2D eigenvalue weighted by Crippen LogP contribution is -2.05. The van der Waals surface area contributed by atoms with Crippen molar-refractivity contribution in [3.63, 3.8) is 0 Å². The maximum Gasteiger partial charge on any atom is 0.231 e. The Balaban J connectivity index is 1.66. The van der Waals surface area contributed by atoms with Gasteiger partial charge in [-0.15, -0.1) is 0 Å². The van der Waals surface area contributed by atoms with Crippen LogP contribution in [0.25, 0.3) is 6.08 Å². The van der Waals surface area contributed by atoms with E-state index in [4.69, 9.17) is 21.1 Å². The van der Waals surface area contributed by atoms with E-state index in [-0.39, 0.29) is 18.1 Å². The molecule has 0 bridgehead atoms. The minimum absolute atomic E-state index is 0.0253. The van der Waals surface area contributed by atoms with Crippen LogP contribution < -0.4 is 9.47 Å².